The maximum atomic E-state index is 11.7. The number of hydrogen-bond acceptors (Lipinski definition) is 4. The van der Waals surface area contributed by atoms with Crippen LogP contribution in [-0.2, 0) is 9.59 Å². The van der Waals surface area contributed by atoms with Crippen LogP contribution in [0.5, 0.6) is 11.5 Å². The van der Waals surface area contributed by atoms with Crippen LogP contribution in [0.4, 0.5) is 0 Å². The smallest absolute Gasteiger partial charge is 0.163 e. The summed E-state index contributed by atoms with van der Waals surface area (Å²) in [4.78, 5) is 23.5. The van der Waals surface area contributed by atoms with Crippen molar-refractivity contribution in [2.45, 2.75) is 6.42 Å². The van der Waals surface area contributed by atoms with E-state index in [1.807, 2.05) is 0 Å². The molecule has 0 spiro atoms. The van der Waals surface area contributed by atoms with Gasteiger partial charge in [-0.3, -0.25) is 9.59 Å². The number of allylic oxidation sites excluding steroid dienone is 2. The van der Waals surface area contributed by atoms with Crippen molar-refractivity contribution in [3.8, 4) is 11.5 Å². The number of aromatic hydroxyl groups is 2. The first kappa shape index (κ1) is 16.2. The predicted molar refractivity (Wildman–Crippen MR) is 88.9 cm³/mol. The maximum Gasteiger partial charge on any atom is 0.163 e. The highest BCUT2D eigenvalue weighted by Crippen LogP contribution is 2.17. The van der Waals surface area contributed by atoms with Gasteiger partial charge in [-0.1, -0.05) is 36.4 Å². The Labute approximate surface area is 134 Å². The summed E-state index contributed by atoms with van der Waals surface area (Å²) < 4.78 is 0. The fourth-order valence-corrected chi connectivity index (χ4v) is 1.88. The number of hydrogen-bond donors (Lipinski definition) is 2. The molecule has 23 heavy (non-hydrogen) atoms. The lowest BCUT2D eigenvalue weighted by Gasteiger charge is -1.97. The summed E-state index contributed by atoms with van der Waals surface area (Å²) in [5.41, 5.74) is 1.28. The lowest BCUT2D eigenvalue weighted by atomic mass is 10.1. The minimum Gasteiger partial charge on any atom is -0.508 e. The topological polar surface area (TPSA) is 74.6 Å². The molecule has 0 heterocycles. The van der Waals surface area contributed by atoms with Crippen LogP contribution < -0.4 is 0 Å². The monoisotopic (exact) mass is 308 g/mol. The van der Waals surface area contributed by atoms with Crippen LogP contribution in [0, 0.1) is 0 Å². The molecule has 0 bridgehead atoms. The first-order chi connectivity index (χ1) is 11.0. The Hall–Kier alpha value is -3.14. The predicted octanol–water partition coefficient (Wildman–Crippen LogP) is 3.35. The minimum absolute atomic E-state index is 0.0788. The molecule has 0 saturated carbocycles. The van der Waals surface area contributed by atoms with Crippen LogP contribution in [0.1, 0.15) is 17.5 Å². The number of phenolic OH excluding ortho intramolecular Hbond substituents is 2. The van der Waals surface area contributed by atoms with Crippen molar-refractivity contribution >= 4 is 23.7 Å². The number of carbonyl (C=O) groups is 2. The molecule has 4 nitrogen and oxygen atoms in total. The maximum absolute atomic E-state index is 11.7. The van der Waals surface area contributed by atoms with Gasteiger partial charge in [0.1, 0.15) is 11.5 Å². The molecule has 0 saturated heterocycles. The van der Waals surface area contributed by atoms with E-state index in [0.29, 0.717) is 5.56 Å². The Kier molecular flexibility index (Phi) is 5.47. The lowest BCUT2D eigenvalue weighted by molar-refractivity contribution is -0.121. The van der Waals surface area contributed by atoms with E-state index in [1.54, 1.807) is 36.4 Å². The molecule has 2 rings (SSSR count). The van der Waals surface area contributed by atoms with Crippen molar-refractivity contribution in [2.75, 3.05) is 0 Å². The fraction of sp³-hybridized carbons (Fsp3) is 0.0526. The molecular formula is C19H16O4. The van der Waals surface area contributed by atoms with Crippen LogP contribution in [0.3, 0.4) is 0 Å². The number of para-hydroxylation sites is 1. The molecular weight excluding hydrogens is 292 g/mol. The SMILES string of the molecule is O=C(C=Cc1ccc(O)cc1)CC(=O)C=Cc1ccccc1O. The van der Waals surface area contributed by atoms with Gasteiger partial charge in [-0.25, -0.2) is 0 Å². The molecule has 4 heteroatoms. The first-order valence-corrected chi connectivity index (χ1v) is 7.03. The standard InChI is InChI=1S/C19H16O4/c20-16-9-5-14(6-10-16)7-11-17(21)13-18(22)12-8-15-3-1-2-4-19(15)23/h1-12,20,23H,13H2. The zero-order valence-corrected chi connectivity index (χ0v) is 12.3. The molecule has 2 N–H and O–H groups in total. The summed E-state index contributed by atoms with van der Waals surface area (Å²) in [5.74, 6) is -0.424. The third kappa shape index (κ3) is 5.28. The van der Waals surface area contributed by atoms with E-state index in [2.05, 4.69) is 0 Å². The van der Waals surface area contributed by atoms with Crippen LogP contribution in [0.2, 0.25) is 0 Å². The van der Waals surface area contributed by atoms with E-state index in [4.69, 9.17) is 5.11 Å². The Bertz CT molecular complexity index is 755. The molecule has 2 aromatic carbocycles. The second-order valence-electron chi connectivity index (χ2n) is 4.93. The Morgan fingerprint density at radius 3 is 2.09 bits per heavy atom. The molecule has 0 radical (unpaired) electrons. The highest BCUT2D eigenvalue weighted by atomic mass is 16.3. The van der Waals surface area contributed by atoms with Gasteiger partial charge in [-0.2, -0.15) is 0 Å². The minimum atomic E-state index is -0.339. The molecule has 0 unspecified atom stereocenters. The van der Waals surface area contributed by atoms with E-state index in [-0.39, 0.29) is 29.5 Å². The molecule has 0 aliphatic heterocycles. The summed E-state index contributed by atoms with van der Waals surface area (Å²) in [6.07, 6.45) is 5.44. The van der Waals surface area contributed by atoms with Gasteiger partial charge in [0.15, 0.2) is 11.6 Å². The zero-order valence-electron chi connectivity index (χ0n) is 12.3. The Balaban J connectivity index is 1.91. The summed E-state index contributed by atoms with van der Waals surface area (Å²) in [7, 11) is 0. The molecule has 0 atom stereocenters. The van der Waals surface area contributed by atoms with Crippen molar-refractivity contribution in [1.29, 1.82) is 0 Å². The summed E-state index contributed by atoms with van der Waals surface area (Å²) in [6.45, 7) is 0. The molecule has 116 valence electrons. The number of carbonyl (C=O) groups excluding carboxylic acids is 2. The summed E-state index contributed by atoms with van der Waals surface area (Å²) in [5, 5.41) is 18.7. The van der Waals surface area contributed by atoms with Gasteiger partial charge < -0.3 is 10.2 Å². The quantitative estimate of drug-likeness (QED) is 0.634. The highest BCUT2D eigenvalue weighted by molar-refractivity contribution is 6.10. The molecule has 0 amide bonds. The van der Waals surface area contributed by atoms with Gasteiger partial charge in [0.2, 0.25) is 0 Å². The van der Waals surface area contributed by atoms with Gasteiger partial charge in [-0.15, -0.1) is 0 Å². The number of ketones is 2. The van der Waals surface area contributed by atoms with E-state index < -0.39 is 0 Å². The molecule has 2 aromatic rings. The van der Waals surface area contributed by atoms with Gasteiger partial charge in [0.25, 0.3) is 0 Å². The molecule has 0 aliphatic carbocycles. The lowest BCUT2D eigenvalue weighted by Crippen LogP contribution is -2.01. The summed E-state index contributed by atoms with van der Waals surface area (Å²) >= 11 is 0. The fourth-order valence-electron chi connectivity index (χ4n) is 1.88. The van der Waals surface area contributed by atoms with Crippen LogP contribution in [-0.4, -0.2) is 21.8 Å². The first-order valence-electron chi connectivity index (χ1n) is 7.03. The Morgan fingerprint density at radius 1 is 0.826 bits per heavy atom. The largest absolute Gasteiger partial charge is 0.508 e. The molecule has 0 fully saturated rings. The average Bonchev–Trinajstić information content (AvgIpc) is 2.53. The van der Waals surface area contributed by atoms with Crippen molar-refractivity contribution in [1.82, 2.24) is 0 Å². The van der Waals surface area contributed by atoms with Crippen molar-refractivity contribution in [3.63, 3.8) is 0 Å². The second-order valence-corrected chi connectivity index (χ2v) is 4.93. The van der Waals surface area contributed by atoms with Crippen molar-refractivity contribution in [3.05, 3.63) is 71.8 Å². The second kappa shape index (κ2) is 7.75. The van der Waals surface area contributed by atoms with Crippen molar-refractivity contribution in [2.24, 2.45) is 0 Å². The van der Waals surface area contributed by atoms with E-state index in [0.717, 1.165) is 5.56 Å². The highest BCUT2D eigenvalue weighted by Gasteiger charge is 2.04. The molecule has 0 aliphatic rings. The van der Waals surface area contributed by atoms with Gasteiger partial charge >= 0.3 is 0 Å². The van der Waals surface area contributed by atoms with E-state index >= 15 is 0 Å². The summed E-state index contributed by atoms with van der Waals surface area (Å²) in [6, 6.07) is 13.0. The van der Waals surface area contributed by atoms with Crippen LogP contribution in [0.15, 0.2) is 60.7 Å². The van der Waals surface area contributed by atoms with Gasteiger partial charge in [-0.05, 0) is 42.0 Å². The zero-order chi connectivity index (χ0) is 16.7. The Morgan fingerprint density at radius 2 is 1.43 bits per heavy atom. The number of benzene rings is 2. The number of rotatable bonds is 6. The van der Waals surface area contributed by atoms with Crippen LogP contribution in [0.25, 0.3) is 12.2 Å². The van der Waals surface area contributed by atoms with Gasteiger partial charge in [0.05, 0.1) is 6.42 Å². The van der Waals surface area contributed by atoms with E-state index in [1.165, 1.54) is 36.4 Å². The van der Waals surface area contributed by atoms with Crippen LogP contribution >= 0.6 is 0 Å². The normalized spacial score (nSPS) is 11.1. The van der Waals surface area contributed by atoms with Crippen molar-refractivity contribution < 1.29 is 19.8 Å². The number of phenols is 2. The van der Waals surface area contributed by atoms with E-state index in [9.17, 15) is 14.7 Å². The third-order valence-electron chi connectivity index (χ3n) is 3.09. The molecule has 0 aromatic heterocycles. The average molecular weight is 308 g/mol. The third-order valence-corrected chi connectivity index (χ3v) is 3.09. The van der Waals surface area contributed by atoms with Gasteiger partial charge in [0, 0.05) is 5.56 Å².